The van der Waals surface area contributed by atoms with E-state index in [1.54, 1.807) is 0 Å². The van der Waals surface area contributed by atoms with Gasteiger partial charge in [0.25, 0.3) is 0 Å². The standard InChI is InChI=1S/C33H26O2/c34-32(30(24-14-5-1-6-15-24)25-16-7-2-8-17-25)28-22-13-23-29(28)33(35)31(26-18-9-3-10-19-26)27-20-11-4-12-21-27/h1-12,14-23,30-31H,13H2. The molecule has 0 spiro atoms. The summed E-state index contributed by atoms with van der Waals surface area (Å²) in [6, 6.07) is 39.2. The summed E-state index contributed by atoms with van der Waals surface area (Å²) in [7, 11) is 0. The van der Waals surface area contributed by atoms with Gasteiger partial charge in [0, 0.05) is 11.1 Å². The van der Waals surface area contributed by atoms with E-state index in [0.29, 0.717) is 17.6 Å². The van der Waals surface area contributed by atoms with Crippen LogP contribution in [0.2, 0.25) is 0 Å². The maximum atomic E-state index is 14.1. The van der Waals surface area contributed by atoms with Crippen molar-refractivity contribution in [3.05, 3.63) is 167 Å². The van der Waals surface area contributed by atoms with Crippen LogP contribution >= 0.6 is 0 Å². The molecule has 170 valence electrons. The first-order chi connectivity index (χ1) is 17.2. The van der Waals surface area contributed by atoms with E-state index < -0.39 is 11.8 Å². The average molecular weight is 455 g/mol. The molecule has 0 unspecified atom stereocenters. The van der Waals surface area contributed by atoms with E-state index in [0.717, 1.165) is 22.3 Å². The van der Waals surface area contributed by atoms with Crippen molar-refractivity contribution in [3.63, 3.8) is 0 Å². The maximum Gasteiger partial charge on any atom is 0.175 e. The van der Waals surface area contributed by atoms with Crippen LogP contribution in [0.4, 0.5) is 0 Å². The fraction of sp³-hybridized carbons (Fsp3) is 0.0909. The number of carbonyl (C=O) groups excluding carboxylic acids is 2. The van der Waals surface area contributed by atoms with Crippen LogP contribution in [0, 0.1) is 0 Å². The van der Waals surface area contributed by atoms with Gasteiger partial charge in [0.1, 0.15) is 0 Å². The van der Waals surface area contributed by atoms with Crippen molar-refractivity contribution in [1.82, 2.24) is 0 Å². The van der Waals surface area contributed by atoms with Gasteiger partial charge in [-0.15, -0.1) is 0 Å². The molecule has 2 heteroatoms. The Kier molecular flexibility index (Phi) is 6.63. The highest BCUT2D eigenvalue weighted by molar-refractivity contribution is 6.18. The first-order valence-electron chi connectivity index (χ1n) is 11.9. The highest BCUT2D eigenvalue weighted by atomic mass is 16.1. The minimum Gasteiger partial charge on any atom is -0.293 e. The summed E-state index contributed by atoms with van der Waals surface area (Å²) in [6.45, 7) is 0. The van der Waals surface area contributed by atoms with Crippen LogP contribution < -0.4 is 0 Å². The molecular formula is C33H26O2. The topological polar surface area (TPSA) is 34.1 Å². The zero-order valence-corrected chi connectivity index (χ0v) is 19.4. The summed E-state index contributed by atoms with van der Waals surface area (Å²) >= 11 is 0. The largest absolute Gasteiger partial charge is 0.293 e. The van der Waals surface area contributed by atoms with E-state index in [-0.39, 0.29) is 11.6 Å². The summed E-state index contributed by atoms with van der Waals surface area (Å²) in [5.41, 5.74) is 4.73. The van der Waals surface area contributed by atoms with Crippen LogP contribution in [0.5, 0.6) is 0 Å². The Morgan fingerprint density at radius 1 is 0.429 bits per heavy atom. The molecule has 0 amide bonds. The number of ketones is 2. The predicted octanol–water partition coefficient (Wildman–Crippen LogP) is 7.05. The molecule has 5 rings (SSSR count). The van der Waals surface area contributed by atoms with E-state index in [1.807, 2.05) is 133 Å². The SMILES string of the molecule is O=C(C1=CCC=C1C(=O)C(c1ccccc1)c1ccccc1)C(c1ccccc1)c1ccccc1. The Bertz CT molecular complexity index is 1180. The van der Waals surface area contributed by atoms with Gasteiger partial charge in [0.05, 0.1) is 11.8 Å². The Hall–Kier alpha value is -4.30. The third-order valence-corrected chi connectivity index (χ3v) is 6.52. The van der Waals surface area contributed by atoms with E-state index in [1.165, 1.54) is 0 Å². The van der Waals surface area contributed by atoms with Crippen LogP contribution in [-0.4, -0.2) is 11.6 Å². The number of Topliss-reactive ketones (excluding diaryl/α,β-unsaturated/α-hetero) is 2. The third-order valence-electron chi connectivity index (χ3n) is 6.52. The summed E-state index contributed by atoms with van der Waals surface area (Å²) in [6.07, 6.45) is 4.39. The van der Waals surface area contributed by atoms with Gasteiger partial charge in [-0.3, -0.25) is 9.59 Å². The van der Waals surface area contributed by atoms with E-state index in [4.69, 9.17) is 0 Å². The highest BCUT2D eigenvalue weighted by Crippen LogP contribution is 2.37. The van der Waals surface area contributed by atoms with Crippen molar-refractivity contribution in [2.75, 3.05) is 0 Å². The van der Waals surface area contributed by atoms with Gasteiger partial charge >= 0.3 is 0 Å². The third kappa shape index (κ3) is 4.69. The number of rotatable bonds is 8. The second kappa shape index (κ2) is 10.3. The molecule has 0 saturated carbocycles. The lowest BCUT2D eigenvalue weighted by atomic mass is 9.79. The second-order valence-electron chi connectivity index (χ2n) is 8.71. The Labute approximate surface area is 206 Å². The van der Waals surface area contributed by atoms with Crippen LogP contribution in [-0.2, 0) is 9.59 Å². The Morgan fingerprint density at radius 3 is 0.943 bits per heavy atom. The Balaban J connectivity index is 1.53. The predicted molar refractivity (Wildman–Crippen MR) is 140 cm³/mol. The van der Waals surface area contributed by atoms with Crippen molar-refractivity contribution < 1.29 is 9.59 Å². The first kappa shape index (κ1) is 22.5. The van der Waals surface area contributed by atoms with Gasteiger partial charge in [0.15, 0.2) is 11.6 Å². The lowest BCUT2D eigenvalue weighted by molar-refractivity contribution is -0.118. The van der Waals surface area contributed by atoms with Crippen molar-refractivity contribution in [3.8, 4) is 0 Å². The van der Waals surface area contributed by atoms with Crippen LogP contribution in [0.3, 0.4) is 0 Å². The molecule has 2 nitrogen and oxygen atoms in total. The van der Waals surface area contributed by atoms with Crippen molar-refractivity contribution in [1.29, 1.82) is 0 Å². The van der Waals surface area contributed by atoms with Crippen LogP contribution in [0.15, 0.2) is 145 Å². The number of allylic oxidation sites excluding steroid dienone is 4. The summed E-state index contributed by atoms with van der Waals surface area (Å²) in [4.78, 5) is 28.2. The van der Waals surface area contributed by atoms with Gasteiger partial charge in [-0.05, 0) is 28.7 Å². The van der Waals surface area contributed by atoms with Crippen LogP contribution in [0.25, 0.3) is 0 Å². The lowest BCUT2D eigenvalue weighted by Crippen LogP contribution is -2.23. The highest BCUT2D eigenvalue weighted by Gasteiger charge is 2.34. The number of hydrogen-bond acceptors (Lipinski definition) is 2. The lowest BCUT2D eigenvalue weighted by Gasteiger charge is -2.22. The number of hydrogen-bond donors (Lipinski definition) is 0. The van der Waals surface area contributed by atoms with Crippen molar-refractivity contribution >= 4 is 11.6 Å². The second-order valence-corrected chi connectivity index (χ2v) is 8.71. The van der Waals surface area contributed by atoms with Crippen molar-refractivity contribution in [2.24, 2.45) is 0 Å². The monoisotopic (exact) mass is 454 g/mol. The molecule has 0 N–H and O–H groups in total. The molecule has 35 heavy (non-hydrogen) atoms. The normalized spacial score (nSPS) is 13.0. The van der Waals surface area contributed by atoms with E-state index >= 15 is 0 Å². The average Bonchev–Trinajstić information content (AvgIpc) is 3.42. The van der Waals surface area contributed by atoms with Gasteiger partial charge in [-0.2, -0.15) is 0 Å². The zero-order valence-electron chi connectivity index (χ0n) is 19.4. The molecule has 0 atom stereocenters. The molecule has 4 aromatic carbocycles. The molecule has 0 radical (unpaired) electrons. The molecular weight excluding hydrogens is 428 g/mol. The Morgan fingerprint density at radius 2 is 0.686 bits per heavy atom. The quantitative estimate of drug-likeness (QED) is 0.286. The minimum absolute atomic E-state index is 0.0422. The molecule has 0 aromatic heterocycles. The molecule has 1 aliphatic carbocycles. The minimum atomic E-state index is -0.468. The van der Waals surface area contributed by atoms with Crippen LogP contribution in [0.1, 0.15) is 40.5 Å². The molecule has 0 bridgehead atoms. The number of benzene rings is 4. The smallest absolute Gasteiger partial charge is 0.175 e. The fourth-order valence-electron chi connectivity index (χ4n) is 4.86. The van der Waals surface area contributed by atoms with E-state index in [9.17, 15) is 9.59 Å². The first-order valence-corrected chi connectivity index (χ1v) is 11.9. The fourth-order valence-corrected chi connectivity index (χ4v) is 4.86. The summed E-state index contributed by atoms with van der Waals surface area (Å²) < 4.78 is 0. The summed E-state index contributed by atoms with van der Waals surface area (Å²) in [5.74, 6) is -1.02. The van der Waals surface area contributed by atoms with Crippen molar-refractivity contribution in [2.45, 2.75) is 18.3 Å². The molecule has 0 fully saturated rings. The maximum absolute atomic E-state index is 14.1. The molecule has 0 aliphatic heterocycles. The molecule has 1 aliphatic rings. The molecule has 0 saturated heterocycles. The van der Waals surface area contributed by atoms with Gasteiger partial charge in [-0.25, -0.2) is 0 Å². The van der Waals surface area contributed by atoms with E-state index in [2.05, 4.69) is 0 Å². The number of carbonyl (C=O) groups is 2. The zero-order chi connectivity index (χ0) is 24.0. The summed E-state index contributed by atoms with van der Waals surface area (Å²) in [5, 5.41) is 0. The van der Waals surface area contributed by atoms with Gasteiger partial charge in [0.2, 0.25) is 0 Å². The molecule has 0 heterocycles. The molecule has 4 aromatic rings. The van der Waals surface area contributed by atoms with Gasteiger partial charge < -0.3 is 0 Å². The van der Waals surface area contributed by atoms with Gasteiger partial charge in [-0.1, -0.05) is 133 Å².